The molecule has 0 amide bonds. The number of hydrogen-bond acceptors (Lipinski definition) is 8. The second-order valence-corrected chi connectivity index (χ2v) is 3.06. The van der Waals surface area contributed by atoms with Crippen LogP contribution in [-0.4, -0.2) is 55.4 Å². The van der Waals surface area contributed by atoms with E-state index in [0.29, 0.717) is 24.7 Å². The van der Waals surface area contributed by atoms with Crippen molar-refractivity contribution in [1.82, 2.24) is 29.9 Å². The van der Waals surface area contributed by atoms with Gasteiger partial charge in [0.1, 0.15) is 25.3 Å². The van der Waals surface area contributed by atoms with Gasteiger partial charge < -0.3 is 0 Å². The van der Waals surface area contributed by atoms with Gasteiger partial charge in [0.05, 0.1) is 25.5 Å². The molecule has 0 spiro atoms. The lowest BCUT2D eigenvalue weighted by atomic mass is 10.6. The Morgan fingerprint density at radius 2 is 1.11 bits per heavy atom. The van der Waals surface area contributed by atoms with Crippen molar-refractivity contribution in [1.29, 1.82) is 0 Å². The largest absolute Gasteiger partial charge is 0.287 e. The van der Waals surface area contributed by atoms with E-state index in [9.17, 15) is 0 Å². The number of rotatable bonds is 5. The van der Waals surface area contributed by atoms with E-state index in [0.717, 1.165) is 0 Å². The maximum atomic E-state index is 4.13. The van der Waals surface area contributed by atoms with Crippen molar-refractivity contribution in [2.45, 2.75) is 0 Å². The summed E-state index contributed by atoms with van der Waals surface area (Å²) in [6.07, 6.45) is 8.86. The molecule has 2 aromatic rings. The maximum absolute atomic E-state index is 4.13. The Labute approximate surface area is 103 Å². The minimum absolute atomic E-state index is 0.534. The Morgan fingerprint density at radius 3 is 1.50 bits per heavy atom. The van der Waals surface area contributed by atoms with Gasteiger partial charge in [0.25, 0.3) is 0 Å². The minimum atomic E-state index is 0.534. The van der Waals surface area contributed by atoms with Crippen molar-refractivity contribution in [2.24, 2.45) is 9.98 Å². The highest BCUT2D eigenvalue weighted by molar-refractivity contribution is 5.74. The van der Waals surface area contributed by atoms with Gasteiger partial charge in [-0.2, -0.15) is 0 Å². The first-order valence-corrected chi connectivity index (χ1v) is 5.19. The molecule has 8 heteroatoms. The van der Waals surface area contributed by atoms with E-state index >= 15 is 0 Å². The van der Waals surface area contributed by atoms with Crippen LogP contribution in [0.4, 0.5) is 0 Å². The highest BCUT2D eigenvalue weighted by Crippen LogP contribution is 1.82. The number of nitrogens with zero attached hydrogens (tertiary/aromatic N) is 8. The SMILES string of the molecule is C(=N/CC/N=C\c1ncncn1)/c1ncncn1. The summed E-state index contributed by atoms with van der Waals surface area (Å²) in [7, 11) is 0. The predicted octanol–water partition coefficient (Wildman–Crippen LogP) is -0.405. The molecule has 2 aromatic heterocycles. The average Bonchev–Trinajstić information content (AvgIpc) is 2.45. The number of hydrogen-bond donors (Lipinski definition) is 0. The van der Waals surface area contributed by atoms with Crippen LogP contribution in [0.5, 0.6) is 0 Å². The van der Waals surface area contributed by atoms with Crippen molar-refractivity contribution in [2.75, 3.05) is 13.1 Å². The van der Waals surface area contributed by atoms with Crippen LogP contribution in [0.1, 0.15) is 11.6 Å². The van der Waals surface area contributed by atoms with Crippen LogP contribution in [-0.2, 0) is 0 Å². The molecule has 0 unspecified atom stereocenters. The third-order valence-electron chi connectivity index (χ3n) is 1.80. The fraction of sp³-hybridized carbons (Fsp3) is 0.200. The lowest BCUT2D eigenvalue weighted by Crippen LogP contribution is -1.96. The van der Waals surface area contributed by atoms with Gasteiger partial charge in [-0.3, -0.25) is 9.98 Å². The normalized spacial score (nSPS) is 11.3. The molecular formula is C10H10N8. The molecule has 0 bridgehead atoms. The summed E-state index contributed by atoms with van der Waals surface area (Å²) in [4.78, 5) is 31.3. The zero-order chi connectivity index (χ0) is 12.5. The lowest BCUT2D eigenvalue weighted by Gasteiger charge is -1.90. The highest BCUT2D eigenvalue weighted by atomic mass is 15.0. The van der Waals surface area contributed by atoms with Crippen molar-refractivity contribution < 1.29 is 0 Å². The Bertz CT molecular complexity index is 460. The minimum Gasteiger partial charge on any atom is -0.287 e. The molecule has 0 radical (unpaired) electrons. The Kier molecular flexibility index (Phi) is 4.50. The highest BCUT2D eigenvalue weighted by Gasteiger charge is 1.88. The van der Waals surface area contributed by atoms with E-state index in [2.05, 4.69) is 39.9 Å². The topological polar surface area (TPSA) is 102 Å². The van der Waals surface area contributed by atoms with E-state index in [1.165, 1.54) is 25.3 Å². The third kappa shape index (κ3) is 4.08. The number of aromatic nitrogens is 6. The summed E-state index contributed by atoms with van der Waals surface area (Å²) >= 11 is 0. The fourth-order valence-corrected chi connectivity index (χ4v) is 1.04. The van der Waals surface area contributed by atoms with Gasteiger partial charge in [-0.05, 0) is 0 Å². The average molecular weight is 242 g/mol. The monoisotopic (exact) mass is 242 g/mol. The van der Waals surface area contributed by atoms with Gasteiger partial charge in [0, 0.05) is 0 Å². The molecule has 8 nitrogen and oxygen atoms in total. The van der Waals surface area contributed by atoms with Crippen LogP contribution in [0, 0.1) is 0 Å². The summed E-state index contributed by atoms with van der Waals surface area (Å²) in [6, 6.07) is 0. The van der Waals surface area contributed by atoms with Crippen molar-refractivity contribution in [3.63, 3.8) is 0 Å². The van der Waals surface area contributed by atoms with Gasteiger partial charge in [0.2, 0.25) is 0 Å². The third-order valence-corrected chi connectivity index (χ3v) is 1.80. The van der Waals surface area contributed by atoms with E-state index in [-0.39, 0.29) is 0 Å². The number of aliphatic imine (C=N–C) groups is 2. The first-order valence-electron chi connectivity index (χ1n) is 5.19. The smallest absolute Gasteiger partial charge is 0.173 e. The standard InChI is InChI=1S/C10H10N8/c1(11-3-9-15-5-13-6-16-9)2-12-4-10-17-7-14-8-18-10/h3-8H,1-2H2/b11-3-,12-4-. The first kappa shape index (κ1) is 11.8. The molecule has 0 aliphatic carbocycles. The van der Waals surface area contributed by atoms with Crippen molar-refractivity contribution in [3.05, 3.63) is 37.0 Å². The Morgan fingerprint density at radius 1 is 0.722 bits per heavy atom. The Hall–Kier alpha value is -2.64. The predicted molar refractivity (Wildman–Crippen MR) is 64.6 cm³/mol. The van der Waals surface area contributed by atoms with E-state index < -0.39 is 0 Å². The van der Waals surface area contributed by atoms with Gasteiger partial charge in [0.15, 0.2) is 11.6 Å². The molecular weight excluding hydrogens is 232 g/mol. The molecule has 18 heavy (non-hydrogen) atoms. The molecule has 2 heterocycles. The quantitative estimate of drug-likeness (QED) is 0.522. The zero-order valence-electron chi connectivity index (χ0n) is 9.46. The van der Waals surface area contributed by atoms with Gasteiger partial charge in [-0.1, -0.05) is 0 Å². The van der Waals surface area contributed by atoms with Gasteiger partial charge >= 0.3 is 0 Å². The van der Waals surface area contributed by atoms with Crippen LogP contribution < -0.4 is 0 Å². The van der Waals surface area contributed by atoms with Crippen LogP contribution in [0.2, 0.25) is 0 Å². The molecule has 0 aliphatic rings. The molecule has 2 rings (SSSR count). The molecule has 90 valence electrons. The van der Waals surface area contributed by atoms with E-state index in [1.54, 1.807) is 12.4 Å². The summed E-state index contributed by atoms with van der Waals surface area (Å²) in [5, 5.41) is 0. The lowest BCUT2D eigenvalue weighted by molar-refractivity contribution is 0.967. The molecule has 0 aliphatic heterocycles. The Balaban J connectivity index is 1.73. The summed E-state index contributed by atoms with van der Waals surface area (Å²) in [5.41, 5.74) is 0. The first-order chi connectivity index (χ1) is 8.95. The molecule has 0 atom stereocenters. The van der Waals surface area contributed by atoms with Crippen molar-refractivity contribution in [3.8, 4) is 0 Å². The fourth-order valence-electron chi connectivity index (χ4n) is 1.04. The van der Waals surface area contributed by atoms with Crippen LogP contribution in [0.25, 0.3) is 0 Å². The van der Waals surface area contributed by atoms with Crippen LogP contribution in [0.3, 0.4) is 0 Å². The maximum Gasteiger partial charge on any atom is 0.173 e. The van der Waals surface area contributed by atoms with Crippen molar-refractivity contribution >= 4 is 12.4 Å². The second-order valence-electron chi connectivity index (χ2n) is 3.06. The second kappa shape index (κ2) is 6.84. The zero-order valence-corrected chi connectivity index (χ0v) is 9.46. The van der Waals surface area contributed by atoms with E-state index in [1.807, 2.05) is 0 Å². The van der Waals surface area contributed by atoms with Gasteiger partial charge in [-0.15, -0.1) is 0 Å². The molecule has 0 saturated carbocycles. The van der Waals surface area contributed by atoms with Gasteiger partial charge in [-0.25, -0.2) is 29.9 Å². The summed E-state index contributed by atoms with van der Waals surface area (Å²) < 4.78 is 0. The van der Waals surface area contributed by atoms with Crippen LogP contribution >= 0.6 is 0 Å². The van der Waals surface area contributed by atoms with Crippen LogP contribution in [0.15, 0.2) is 35.3 Å². The molecule has 0 fully saturated rings. The van der Waals surface area contributed by atoms with E-state index in [4.69, 9.17) is 0 Å². The molecule has 0 aromatic carbocycles. The molecule has 0 N–H and O–H groups in total. The summed E-state index contributed by atoms with van der Waals surface area (Å²) in [5.74, 6) is 1.07. The summed E-state index contributed by atoms with van der Waals surface area (Å²) in [6.45, 7) is 1.10. The molecule has 0 saturated heterocycles.